The van der Waals surface area contributed by atoms with Crippen LogP contribution in [0.5, 0.6) is 0 Å². The molecule has 1 aromatic rings. The van der Waals surface area contributed by atoms with E-state index in [1.54, 1.807) is 12.1 Å². The van der Waals surface area contributed by atoms with Crippen molar-refractivity contribution >= 4 is 51.2 Å². The van der Waals surface area contributed by atoms with Gasteiger partial charge in [0, 0.05) is 25.6 Å². The molecule has 0 radical (unpaired) electrons. The molecule has 19 heavy (non-hydrogen) atoms. The lowest BCUT2D eigenvalue weighted by molar-refractivity contribution is -0.117. The van der Waals surface area contributed by atoms with Crippen molar-refractivity contribution in [2.45, 2.75) is 13.3 Å². The summed E-state index contributed by atoms with van der Waals surface area (Å²) in [5.74, 6) is 0.447. The number of halogens is 2. The Hall–Kier alpha value is -0.700. The van der Waals surface area contributed by atoms with Crippen molar-refractivity contribution < 1.29 is 14.0 Å². The molecule has 1 saturated heterocycles. The molecule has 7 heteroatoms. The van der Waals surface area contributed by atoms with E-state index >= 15 is 0 Å². The summed E-state index contributed by atoms with van der Waals surface area (Å²) in [5.41, 5.74) is 0. The first-order chi connectivity index (χ1) is 8.97. The molecule has 1 aliphatic rings. The second-order valence-corrected chi connectivity index (χ2v) is 6.68. The average molecular weight is 394 g/mol. The topological polar surface area (TPSA) is 50.3 Å². The fourth-order valence-corrected chi connectivity index (χ4v) is 2.90. The highest BCUT2D eigenvalue weighted by atomic mass is 127. The van der Waals surface area contributed by atoms with Crippen LogP contribution in [0.1, 0.15) is 13.3 Å². The maximum absolute atomic E-state index is 13.4. The molecule has 1 aliphatic heterocycles. The van der Waals surface area contributed by atoms with Crippen molar-refractivity contribution in [3.8, 4) is 0 Å². The summed E-state index contributed by atoms with van der Waals surface area (Å²) >= 11 is 3.07. The van der Waals surface area contributed by atoms with Gasteiger partial charge in [-0.3, -0.25) is 14.5 Å². The Balaban J connectivity index is 2.07. The number of thioether (sulfide) groups is 1. The van der Waals surface area contributed by atoms with Gasteiger partial charge >= 0.3 is 0 Å². The summed E-state index contributed by atoms with van der Waals surface area (Å²) in [7, 11) is 0. The molecule has 0 saturated carbocycles. The lowest BCUT2D eigenvalue weighted by Crippen LogP contribution is -2.26. The van der Waals surface area contributed by atoms with E-state index in [0.717, 1.165) is 0 Å². The molecule has 0 aliphatic carbocycles. The first kappa shape index (κ1) is 14.7. The highest BCUT2D eigenvalue weighted by Gasteiger charge is 2.31. The Morgan fingerprint density at radius 3 is 3.00 bits per heavy atom. The predicted octanol–water partition coefficient (Wildman–Crippen LogP) is 2.46. The van der Waals surface area contributed by atoms with Crippen LogP contribution in [-0.2, 0) is 9.59 Å². The van der Waals surface area contributed by atoms with E-state index in [9.17, 15) is 14.0 Å². The molecule has 1 unspecified atom stereocenters. The Bertz CT molecular complexity index is 526. The lowest BCUT2D eigenvalue weighted by atomic mass is 10.1. The molecule has 1 fully saturated rings. The quantitative estimate of drug-likeness (QED) is 0.584. The molecule has 1 aromatic heterocycles. The molecule has 0 N–H and O–H groups in total. The van der Waals surface area contributed by atoms with E-state index in [1.807, 2.05) is 22.6 Å². The van der Waals surface area contributed by atoms with Crippen molar-refractivity contribution in [2.75, 3.05) is 17.2 Å². The number of aromatic nitrogens is 1. The summed E-state index contributed by atoms with van der Waals surface area (Å²) < 4.78 is 13.8. The summed E-state index contributed by atoms with van der Waals surface area (Å²) in [6, 6.07) is 3.24. The number of carbonyl (C=O) groups is 2. The maximum Gasteiger partial charge on any atom is 0.228 e. The van der Waals surface area contributed by atoms with Crippen molar-refractivity contribution in [3.05, 3.63) is 21.7 Å². The largest absolute Gasteiger partial charge is 0.296 e. The fraction of sp³-hybridized carbons (Fsp3) is 0.417. The molecule has 102 valence electrons. The van der Waals surface area contributed by atoms with Crippen molar-refractivity contribution in [3.63, 3.8) is 0 Å². The van der Waals surface area contributed by atoms with Gasteiger partial charge in [0.1, 0.15) is 5.82 Å². The van der Waals surface area contributed by atoms with Crippen LogP contribution in [0, 0.1) is 15.4 Å². The lowest BCUT2D eigenvalue weighted by Gasteiger charge is -2.15. The number of pyridine rings is 1. The minimum atomic E-state index is -0.563. The fourth-order valence-electron chi connectivity index (χ4n) is 1.91. The zero-order valence-corrected chi connectivity index (χ0v) is 13.2. The van der Waals surface area contributed by atoms with Gasteiger partial charge in [-0.2, -0.15) is 4.39 Å². The summed E-state index contributed by atoms with van der Waals surface area (Å²) in [5, 5.41) is 0.0457. The monoisotopic (exact) mass is 394 g/mol. The van der Waals surface area contributed by atoms with Crippen LogP contribution in [0.25, 0.3) is 0 Å². The maximum atomic E-state index is 13.4. The minimum Gasteiger partial charge on any atom is -0.296 e. The number of anilines is 1. The second-order valence-electron chi connectivity index (χ2n) is 4.32. The van der Waals surface area contributed by atoms with E-state index in [-0.39, 0.29) is 16.9 Å². The number of carbonyl (C=O) groups excluding carboxylic acids is 2. The second kappa shape index (κ2) is 6.17. The van der Waals surface area contributed by atoms with Crippen LogP contribution in [0.4, 0.5) is 10.2 Å². The third kappa shape index (κ3) is 3.65. The van der Waals surface area contributed by atoms with Gasteiger partial charge in [0.05, 0.1) is 3.57 Å². The highest BCUT2D eigenvalue weighted by molar-refractivity contribution is 14.1. The van der Waals surface area contributed by atoms with Crippen LogP contribution in [0.2, 0.25) is 0 Å². The van der Waals surface area contributed by atoms with Gasteiger partial charge < -0.3 is 0 Å². The molecule has 1 atom stereocenters. The van der Waals surface area contributed by atoms with Crippen molar-refractivity contribution in [2.24, 2.45) is 5.92 Å². The van der Waals surface area contributed by atoms with E-state index in [1.165, 1.54) is 23.6 Å². The smallest absolute Gasteiger partial charge is 0.228 e. The van der Waals surface area contributed by atoms with Gasteiger partial charge in [0.25, 0.3) is 0 Å². The Morgan fingerprint density at radius 1 is 1.63 bits per heavy atom. The standard InChI is InChI=1S/C12H12FIN2O2S/c1-7(17)19-6-8-4-11(18)16(5-8)10-3-2-9(14)12(13)15-10/h2-3,8H,4-6H2,1H3. The first-order valence-electron chi connectivity index (χ1n) is 5.73. The minimum absolute atomic E-state index is 0.0457. The normalized spacial score (nSPS) is 19.0. The van der Waals surface area contributed by atoms with E-state index < -0.39 is 5.95 Å². The Kier molecular flexibility index (Phi) is 4.77. The number of amides is 1. The van der Waals surface area contributed by atoms with Crippen LogP contribution in [0.3, 0.4) is 0 Å². The van der Waals surface area contributed by atoms with Gasteiger partial charge in [0.2, 0.25) is 11.9 Å². The molecular weight excluding hydrogens is 382 g/mol. The SMILES string of the molecule is CC(=O)SCC1CC(=O)N(c2ccc(I)c(F)n2)C1. The summed E-state index contributed by atoms with van der Waals surface area (Å²) in [4.78, 5) is 28.1. The highest BCUT2D eigenvalue weighted by Crippen LogP contribution is 2.27. The van der Waals surface area contributed by atoms with Crippen LogP contribution in [0.15, 0.2) is 12.1 Å². The van der Waals surface area contributed by atoms with E-state index in [0.29, 0.717) is 28.1 Å². The van der Waals surface area contributed by atoms with Gasteiger partial charge in [0.15, 0.2) is 5.12 Å². The third-order valence-electron chi connectivity index (χ3n) is 2.79. The van der Waals surface area contributed by atoms with Crippen molar-refractivity contribution in [1.29, 1.82) is 0 Å². The number of hydrogen-bond donors (Lipinski definition) is 0. The number of hydrogen-bond acceptors (Lipinski definition) is 4. The summed E-state index contributed by atoms with van der Waals surface area (Å²) in [6.45, 7) is 2.00. The zero-order chi connectivity index (χ0) is 14.0. The molecule has 0 aromatic carbocycles. The number of rotatable bonds is 3. The van der Waals surface area contributed by atoms with Crippen molar-refractivity contribution in [1.82, 2.24) is 4.98 Å². The third-order valence-corrected chi connectivity index (χ3v) is 4.64. The Morgan fingerprint density at radius 2 is 2.37 bits per heavy atom. The predicted molar refractivity (Wildman–Crippen MR) is 80.5 cm³/mol. The molecule has 0 spiro atoms. The molecule has 1 amide bonds. The average Bonchev–Trinajstić information content (AvgIpc) is 2.72. The van der Waals surface area contributed by atoms with Crippen LogP contribution < -0.4 is 4.90 Å². The Labute approximate surface area is 128 Å². The molecule has 2 heterocycles. The van der Waals surface area contributed by atoms with E-state index in [2.05, 4.69) is 4.98 Å². The molecule has 2 rings (SSSR count). The molecule has 0 bridgehead atoms. The van der Waals surface area contributed by atoms with Gasteiger partial charge in [-0.25, -0.2) is 4.98 Å². The van der Waals surface area contributed by atoms with Gasteiger partial charge in [-0.15, -0.1) is 0 Å². The van der Waals surface area contributed by atoms with Gasteiger partial charge in [-0.1, -0.05) is 11.8 Å². The molecule has 4 nitrogen and oxygen atoms in total. The zero-order valence-electron chi connectivity index (χ0n) is 10.2. The summed E-state index contributed by atoms with van der Waals surface area (Å²) in [6.07, 6.45) is 0.384. The first-order valence-corrected chi connectivity index (χ1v) is 7.79. The van der Waals surface area contributed by atoms with Crippen LogP contribution >= 0.6 is 34.4 Å². The van der Waals surface area contributed by atoms with Gasteiger partial charge in [-0.05, 0) is 40.6 Å². The van der Waals surface area contributed by atoms with Crippen LogP contribution in [-0.4, -0.2) is 28.3 Å². The molecular formula is C12H12FIN2O2S. The van der Waals surface area contributed by atoms with E-state index in [4.69, 9.17) is 0 Å². The number of nitrogens with zero attached hydrogens (tertiary/aromatic N) is 2.